The molecule has 0 atom stereocenters. The third kappa shape index (κ3) is 3.86. The van der Waals surface area contributed by atoms with Crippen molar-refractivity contribution >= 4 is 11.7 Å². The van der Waals surface area contributed by atoms with Crippen LogP contribution in [0, 0.1) is 11.7 Å². The van der Waals surface area contributed by atoms with Gasteiger partial charge in [-0.25, -0.2) is 9.18 Å². The molecule has 4 nitrogen and oxygen atoms in total. The van der Waals surface area contributed by atoms with Crippen LogP contribution >= 0.6 is 0 Å². The summed E-state index contributed by atoms with van der Waals surface area (Å²) >= 11 is 0. The van der Waals surface area contributed by atoms with Crippen LogP contribution in [0.4, 0.5) is 14.9 Å². The minimum absolute atomic E-state index is 0. The van der Waals surface area contributed by atoms with Gasteiger partial charge in [0.2, 0.25) is 0 Å². The van der Waals surface area contributed by atoms with E-state index in [1.54, 1.807) is 6.20 Å². The molecular weight excluding hydrogens is 293 g/mol. The Hall–Kier alpha value is -2.43. The smallest absolute Gasteiger partial charge is 0.321 e. The number of rotatable bonds is 2. The number of hydrogen-bond donors (Lipinski definition) is 1. The van der Waals surface area contributed by atoms with E-state index < -0.39 is 0 Å². The van der Waals surface area contributed by atoms with E-state index >= 15 is 0 Å². The summed E-state index contributed by atoms with van der Waals surface area (Å²) < 4.78 is 13.3. The van der Waals surface area contributed by atoms with E-state index in [1.165, 1.54) is 12.3 Å². The molecule has 0 bridgehead atoms. The summed E-state index contributed by atoms with van der Waals surface area (Å²) in [5.74, 6) is 0.308. The van der Waals surface area contributed by atoms with Gasteiger partial charge in [0.1, 0.15) is 5.82 Å². The van der Waals surface area contributed by atoms with Crippen molar-refractivity contribution in [3.8, 4) is 11.1 Å². The van der Waals surface area contributed by atoms with E-state index in [-0.39, 0.29) is 13.3 Å². The predicted molar refractivity (Wildman–Crippen MR) is 90.7 cm³/mol. The molecule has 1 fully saturated rings. The minimum atomic E-state index is -0.376. The summed E-state index contributed by atoms with van der Waals surface area (Å²) in [6, 6.07) is 8.73. The highest BCUT2D eigenvalue weighted by atomic mass is 19.1. The maximum atomic E-state index is 13.3. The fraction of sp³-hybridized carbons (Fsp3) is 0.333. The van der Waals surface area contributed by atoms with Gasteiger partial charge in [0.25, 0.3) is 0 Å². The number of nitrogens with zero attached hydrogens (tertiary/aromatic N) is 2. The number of aromatic nitrogens is 1. The van der Waals surface area contributed by atoms with Crippen LogP contribution in [-0.4, -0.2) is 29.0 Å². The number of pyridine rings is 1. The van der Waals surface area contributed by atoms with E-state index in [2.05, 4.69) is 17.2 Å². The standard InChI is InChI=1S/C18H20FN3O.H2/c1-13-5-7-22(8-6-13)18(23)21-17-4-2-3-14(10-17)15-9-16(19)12-20-11-15;/h2-4,9-13H,5-8H2,1H3,(H,21,23);1H. The van der Waals surface area contributed by atoms with Crippen molar-refractivity contribution in [3.63, 3.8) is 0 Å². The number of carbonyl (C=O) groups excluding carboxylic acids is 1. The molecule has 0 spiro atoms. The summed E-state index contributed by atoms with van der Waals surface area (Å²) in [5, 5.41) is 2.92. The van der Waals surface area contributed by atoms with Crippen LogP contribution < -0.4 is 5.32 Å². The molecule has 1 saturated heterocycles. The Labute approximate surface area is 136 Å². The van der Waals surface area contributed by atoms with Gasteiger partial charge in [-0.3, -0.25) is 4.98 Å². The van der Waals surface area contributed by atoms with Gasteiger partial charge in [0, 0.05) is 32.0 Å². The van der Waals surface area contributed by atoms with Crippen molar-refractivity contribution in [2.75, 3.05) is 18.4 Å². The summed E-state index contributed by atoms with van der Waals surface area (Å²) in [7, 11) is 0. The number of urea groups is 1. The zero-order chi connectivity index (χ0) is 16.2. The first kappa shape index (κ1) is 15.5. The molecule has 3 rings (SSSR count). The van der Waals surface area contributed by atoms with Gasteiger partial charge in [0.05, 0.1) is 6.20 Å². The van der Waals surface area contributed by atoms with Crippen molar-refractivity contribution in [2.45, 2.75) is 19.8 Å². The third-order valence-electron chi connectivity index (χ3n) is 4.22. The maximum absolute atomic E-state index is 13.3. The minimum Gasteiger partial charge on any atom is -0.325 e. The molecule has 0 saturated carbocycles. The average molecular weight is 315 g/mol. The molecule has 2 aromatic rings. The molecule has 1 N–H and O–H groups in total. The molecule has 0 unspecified atom stereocenters. The van der Waals surface area contributed by atoms with E-state index in [0.717, 1.165) is 31.5 Å². The van der Waals surface area contributed by atoms with Crippen LogP contribution in [0.2, 0.25) is 0 Å². The van der Waals surface area contributed by atoms with Gasteiger partial charge >= 0.3 is 6.03 Å². The van der Waals surface area contributed by atoms with Gasteiger partial charge in [-0.2, -0.15) is 0 Å². The maximum Gasteiger partial charge on any atom is 0.321 e. The second-order valence-corrected chi connectivity index (χ2v) is 6.07. The summed E-state index contributed by atoms with van der Waals surface area (Å²) in [6.07, 6.45) is 4.87. The number of likely N-dealkylation sites (tertiary alicyclic amines) is 1. The number of nitrogens with one attached hydrogen (secondary N) is 1. The molecule has 2 heterocycles. The Kier molecular flexibility index (Phi) is 4.55. The molecule has 1 aliphatic heterocycles. The lowest BCUT2D eigenvalue weighted by molar-refractivity contribution is 0.186. The van der Waals surface area contributed by atoms with Crippen molar-refractivity contribution in [3.05, 3.63) is 48.5 Å². The highest BCUT2D eigenvalue weighted by Crippen LogP contribution is 2.23. The Morgan fingerprint density at radius 3 is 2.78 bits per heavy atom. The van der Waals surface area contributed by atoms with Gasteiger partial charge < -0.3 is 10.2 Å². The van der Waals surface area contributed by atoms with E-state index in [1.807, 2.05) is 29.2 Å². The lowest BCUT2D eigenvalue weighted by atomic mass is 10.00. The normalized spacial score (nSPS) is 15.5. The number of hydrogen-bond acceptors (Lipinski definition) is 2. The average Bonchev–Trinajstić information content (AvgIpc) is 2.56. The summed E-state index contributed by atoms with van der Waals surface area (Å²) in [6.45, 7) is 3.80. The quantitative estimate of drug-likeness (QED) is 0.893. The van der Waals surface area contributed by atoms with E-state index in [0.29, 0.717) is 17.2 Å². The molecule has 1 aromatic heterocycles. The van der Waals surface area contributed by atoms with Crippen molar-refractivity contribution in [1.29, 1.82) is 0 Å². The fourth-order valence-electron chi connectivity index (χ4n) is 2.76. The first-order chi connectivity index (χ1) is 11.1. The van der Waals surface area contributed by atoms with Crippen molar-refractivity contribution in [1.82, 2.24) is 9.88 Å². The van der Waals surface area contributed by atoms with Crippen LogP contribution in [0.3, 0.4) is 0 Å². The van der Waals surface area contributed by atoms with Crippen LogP contribution in [0.15, 0.2) is 42.7 Å². The molecule has 1 aromatic carbocycles. The van der Waals surface area contributed by atoms with Crippen molar-refractivity contribution in [2.24, 2.45) is 5.92 Å². The Morgan fingerprint density at radius 2 is 2.04 bits per heavy atom. The first-order valence-corrected chi connectivity index (χ1v) is 7.89. The molecule has 0 aliphatic carbocycles. The van der Waals surface area contributed by atoms with Crippen LogP contribution in [0.25, 0.3) is 11.1 Å². The zero-order valence-electron chi connectivity index (χ0n) is 13.1. The number of carbonyl (C=O) groups is 1. The third-order valence-corrected chi connectivity index (χ3v) is 4.22. The summed E-state index contributed by atoms with van der Waals surface area (Å²) in [4.78, 5) is 18.0. The number of benzene rings is 1. The highest BCUT2D eigenvalue weighted by molar-refractivity contribution is 5.90. The van der Waals surface area contributed by atoms with Gasteiger partial charge in [-0.05, 0) is 42.5 Å². The molecular formula is C18H22FN3O. The second kappa shape index (κ2) is 6.77. The topological polar surface area (TPSA) is 45.2 Å². The molecule has 5 heteroatoms. The lowest BCUT2D eigenvalue weighted by Crippen LogP contribution is -2.40. The molecule has 1 aliphatic rings. The highest BCUT2D eigenvalue weighted by Gasteiger charge is 2.20. The first-order valence-electron chi connectivity index (χ1n) is 7.89. The Balaban J connectivity index is 0.00000208. The number of halogens is 1. The molecule has 0 radical (unpaired) electrons. The van der Waals surface area contributed by atoms with Gasteiger partial charge in [-0.15, -0.1) is 0 Å². The van der Waals surface area contributed by atoms with E-state index in [4.69, 9.17) is 0 Å². The predicted octanol–water partition coefficient (Wildman–Crippen LogP) is 4.40. The lowest BCUT2D eigenvalue weighted by Gasteiger charge is -2.30. The van der Waals surface area contributed by atoms with Crippen LogP contribution in [0.5, 0.6) is 0 Å². The second-order valence-electron chi connectivity index (χ2n) is 6.07. The molecule has 122 valence electrons. The van der Waals surface area contributed by atoms with Crippen molar-refractivity contribution < 1.29 is 10.6 Å². The fourth-order valence-corrected chi connectivity index (χ4v) is 2.76. The van der Waals surface area contributed by atoms with Crippen LogP contribution in [-0.2, 0) is 0 Å². The monoisotopic (exact) mass is 315 g/mol. The number of piperidine rings is 1. The largest absolute Gasteiger partial charge is 0.325 e. The Morgan fingerprint density at radius 1 is 1.26 bits per heavy atom. The summed E-state index contributed by atoms with van der Waals surface area (Å²) in [5.41, 5.74) is 2.21. The van der Waals surface area contributed by atoms with Gasteiger partial charge in [0.15, 0.2) is 0 Å². The zero-order valence-corrected chi connectivity index (χ0v) is 13.1. The number of amides is 2. The number of anilines is 1. The molecule has 2 amide bonds. The SMILES string of the molecule is CC1CCN(C(=O)Nc2cccc(-c3cncc(F)c3)c2)CC1.[HH]. The molecule has 23 heavy (non-hydrogen) atoms. The van der Waals surface area contributed by atoms with Gasteiger partial charge in [-0.1, -0.05) is 19.1 Å². The Bertz CT molecular complexity index is 702. The van der Waals surface area contributed by atoms with E-state index in [9.17, 15) is 9.18 Å². The van der Waals surface area contributed by atoms with Crippen LogP contribution in [0.1, 0.15) is 21.2 Å².